The summed E-state index contributed by atoms with van der Waals surface area (Å²) in [6.07, 6.45) is 1.04. The van der Waals surface area contributed by atoms with Crippen LogP contribution in [0, 0.1) is 5.92 Å². The van der Waals surface area contributed by atoms with Crippen LogP contribution in [-0.4, -0.2) is 22.3 Å². The van der Waals surface area contributed by atoms with Crippen LogP contribution >= 0.6 is 0 Å². The Morgan fingerprint density at radius 3 is 2.44 bits per heavy atom. The first-order valence-corrected chi connectivity index (χ1v) is 8.25. The summed E-state index contributed by atoms with van der Waals surface area (Å²) < 4.78 is 12.1. The van der Waals surface area contributed by atoms with Crippen molar-refractivity contribution in [1.29, 1.82) is 0 Å². The van der Waals surface area contributed by atoms with Gasteiger partial charge in [-0.1, -0.05) is 51.1 Å². The minimum absolute atomic E-state index is 0.212. The molecule has 0 aliphatic rings. The zero-order valence-electron chi connectivity index (χ0n) is 11.7. The smallest absolute Gasteiger partial charge is 0.0436 e. The summed E-state index contributed by atoms with van der Waals surface area (Å²) in [7, 11) is -0.735. The third-order valence-corrected chi connectivity index (χ3v) is 4.32. The van der Waals surface area contributed by atoms with Crippen LogP contribution < -0.4 is 5.32 Å². The van der Waals surface area contributed by atoms with Gasteiger partial charge in [0.05, 0.1) is 0 Å². The maximum absolute atomic E-state index is 12.1. The summed E-state index contributed by atoms with van der Waals surface area (Å²) in [6, 6.07) is 10.5. The van der Waals surface area contributed by atoms with E-state index in [2.05, 4.69) is 38.2 Å². The van der Waals surface area contributed by atoms with Gasteiger partial charge >= 0.3 is 0 Å². The summed E-state index contributed by atoms with van der Waals surface area (Å²) in [5.74, 6) is 2.15. The second-order valence-corrected chi connectivity index (χ2v) is 6.64. The molecule has 3 heteroatoms. The van der Waals surface area contributed by atoms with Crippen molar-refractivity contribution in [1.82, 2.24) is 5.32 Å². The van der Waals surface area contributed by atoms with Gasteiger partial charge < -0.3 is 5.32 Å². The molecule has 0 amide bonds. The molecule has 2 unspecified atom stereocenters. The summed E-state index contributed by atoms with van der Waals surface area (Å²) >= 11 is 0. The molecule has 0 radical (unpaired) electrons. The van der Waals surface area contributed by atoms with E-state index < -0.39 is 10.8 Å². The highest BCUT2D eigenvalue weighted by atomic mass is 32.2. The van der Waals surface area contributed by atoms with Crippen LogP contribution in [0.15, 0.2) is 30.3 Å². The molecule has 0 saturated carbocycles. The molecule has 0 aliphatic carbocycles. The predicted molar refractivity (Wildman–Crippen MR) is 80.2 cm³/mol. The molecule has 1 aromatic rings. The second-order valence-electron chi connectivity index (χ2n) is 5.01. The average molecular weight is 267 g/mol. The fraction of sp³-hybridized carbons (Fsp3) is 0.600. The Morgan fingerprint density at radius 2 is 1.89 bits per heavy atom. The van der Waals surface area contributed by atoms with Crippen molar-refractivity contribution < 1.29 is 4.21 Å². The molecule has 18 heavy (non-hydrogen) atoms. The van der Waals surface area contributed by atoms with Gasteiger partial charge in [-0.25, -0.2) is 0 Å². The molecular weight excluding hydrogens is 242 g/mol. The van der Waals surface area contributed by atoms with Crippen molar-refractivity contribution in [2.45, 2.75) is 33.2 Å². The van der Waals surface area contributed by atoms with Gasteiger partial charge in [0.15, 0.2) is 0 Å². The van der Waals surface area contributed by atoms with Gasteiger partial charge in [-0.15, -0.1) is 0 Å². The van der Waals surface area contributed by atoms with E-state index in [1.807, 2.05) is 18.2 Å². The van der Waals surface area contributed by atoms with Gasteiger partial charge in [0, 0.05) is 28.3 Å². The lowest BCUT2D eigenvalue weighted by Crippen LogP contribution is -2.26. The SMILES string of the molecule is CCNC(CS(=O)CCC(C)C)c1ccccc1. The average Bonchev–Trinajstić information content (AvgIpc) is 2.37. The standard InChI is InChI=1S/C15H25NOS/c1-4-16-15(14-8-6-5-7-9-14)12-18(17)11-10-13(2)3/h5-9,13,15-16H,4,10-12H2,1-3H3. The van der Waals surface area contributed by atoms with Crippen molar-refractivity contribution in [2.24, 2.45) is 5.92 Å². The lowest BCUT2D eigenvalue weighted by atomic mass is 10.1. The Labute approximate surface area is 114 Å². The van der Waals surface area contributed by atoms with Crippen LogP contribution in [0.4, 0.5) is 0 Å². The summed E-state index contributed by atoms with van der Waals surface area (Å²) in [4.78, 5) is 0. The summed E-state index contributed by atoms with van der Waals surface area (Å²) in [5, 5.41) is 3.42. The van der Waals surface area contributed by atoms with Crippen molar-refractivity contribution >= 4 is 10.8 Å². The molecule has 0 aliphatic heterocycles. The van der Waals surface area contributed by atoms with Crippen molar-refractivity contribution in [3.8, 4) is 0 Å². The molecule has 0 fully saturated rings. The first kappa shape index (κ1) is 15.4. The zero-order chi connectivity index (χ0) is 13.4. The van der Waals surface area contributed by atoms with Gasteiger partial charge in [-0.05, 0) is 24.4 Å². The van der Waals surface area contributed by atoms with Crippen LogP contribution in [0.5, 0.6) is 0 Å². The topological polar surface area (TPSA) is 29.1 Å². The Balaban J connectivity index is 2.55. The Kier molecular flexibility index (Phi) is 7.21. The third kappa shape index (κ3) is 5.78. The van der Waals surface area contributed by atoms with E-state index in [0.717, 1.165) is 18.7 Å². The van der Waals surface area contributed by atoms with Crippen molar-refractivity contribution in [3.63, 3.8) is 0 Å². The first-order chi connectivity index (χ1) is 8.63. The van der Waals surface area contributed by atoms with Gasteiger partial charge in [0.2, 0.25) is 0 Å². The largest absolute Gasteiger partial charge is 0.309 e. The molecule has 1 N–H and O–H groups in total. The first-order valence-electron chi connectivity index (χ1n) is 6.76. The molecule has 0 heterocycles. The lowest BCUT2D eigenvalue weighted by molar-refractivity contribution is 0.587. The van der Waals surface area contributed by atoms with Crippen LogP contribution in [-0.2, 0) is 10.8 Å². The van der Waals surface area contributed by atoms with Crippen molar-refractivity contribution in [3.05, 3.63) is 35.9 Å². The Morgan fingerprint density at radius 1 is 1.22 bits per heavy atom. The third-order valence-electron chi connectivity index (χ3n) is 2.93. The van der Waals surface area contributed by atoms with E-state index in [1.165, 1.54) is 5.56 Å². The Hall–Kier alpha value is -0.670. The maximum atomic E-state index is 12.1. The van der Waals surface area contributed by atoms with Crippen LogP contribution in [0.1, 0.15) is 38.8 Å². The van der Waals surface area contributed by atoms with Gasteiger partial charge in [-0.3, -0.25) is 4.21 Å². The second kappa shape index (κ2) is 8.44. The molecule has 1 aromatic carbocycles. The highest BCUT2D eigenvalue weighted by Gasteiger charge is 2.13. The molecule has 0 saturated heterocycles. The van der Waals surface area contributed by atoms with E-state index in [9.17, 15) is 4.21 Å². The van der Waals surface area contributed by atoms with Crippen LogP contribution in [0.3, 0.4) is 0 Å². The normalized spacial score (nSPS) is 14.7. The number of rotatable bonds is 8. The monoisotopic (exact) mass is 267 g/mol. The number of hydrogen-bond donors (Lipinski definition) is 1. The lowest BCUT2D eigenvalue weighted by Gasteiger charge is -2.18. The molecule has 1 rings (SSSR count). The molecule has 0 aromatic heterocycles. The molecule has 102 valence electrons. The minimum Gasteiger partial charge on any atom is -0.309 e. The van der Waals surface area contributed by atoms with Gasteiger partial charge in [-0.2, -0.15) is 0 Å². The van der Waals surface area contributed by atoms with Crippen LogP contribution in [0.25, 0.3) is 0 Å². The quantitative estimate of drug-likeness (QED) is 0.784. The maximum Gasteiger partial charge on any atom is 0.0436 e. The highest BCUT2D eigenvalue weighted by Crippen LogP contribution is 2.14. The van der Waals surface area contributed by atoms with E-state index in [-0.39, 0.29) is 6.04 Å². The molecule has 2 nitrogen and oxygen atoms in total. The minimum atomic E-state index is -0.735. The van der Waals surface area contributed by atoms with Crippen LogP contribution in [0.2, 0.25) is 0 Å². The summed E-state index contributed by atoms with van der Waals surface area (Å²) in [5.41, 5.74) is 1.23. The van der Waals surface area contributed by atoms with E-state index >= 15 is 0 Å². The fourth-order valence-electron chi connectivity index (χ4n) is 1.84. The number of nitrogens with one attached hydrogen (secondary N) is 1. The fourth-order valence-corrected chi connectivity index (χ4v) is 3.42. The van der Waals surface area contributed by atoms with Gasteiger partial charge in [0.25, 0.3) is 0 Å². The molecule has 0 spiro atoms. The number of hydrogen-bond acceptors (Lipinski definition) is 2. The number of benzene rings is 1. The van der Waals surface area contributed by atoms with Crippen molar-refractivity contribution in [2.75, 3.05) is 18.1 Å². The molecule has 0 bridgehead atoms. The Bertz CT molecular complexity index is 351. The molecule has 2 atom stereocenters. The predicted octanol–water partition coefficient (Wildman–Crippen LogP) is 3.13. The van der Waals surface area contributed by atoms with E-state index in [4.69, 9.17) is 0 Å². The molecular formula is C15H25NOS. The highest BCUT2D eigenvalue weighted by molar-refractivity contribution is 7.85. The van der Waals surface area contributed by atoms with Gasteiger partial charge in [0.1, 0.15) is 0 Å². The zero-order valence-corrected chi connectivity index (χ0v) is 12.5. The summed E-state index contributed by atoms with van der Waals surface area (Å²) in [6.45, 7) is 7.35. The van der Waals surface area contributed by atoms with E-state index in [1.54, 1.807) is 0 Å². The van der Waals surface area contributed by atoms with E-state index in [0.29, 0.717) is 11.7 Å².